The Kier molecular flexibility index (Phi) is 4.57. The Morgan fingerprint density at radius 2 is 2.24 bits per heavy atom. The molecule has 0 aliphatic rings. The summed E-state index contributed by atoms with van der Waals surface area (Å²) in [5.74, 6) is -0.885. The van der Waals surface area contributed by atoms with Gasteiger partial charge in [-0.1, -0.05) is 0 Å². The zero-order chi connectivity index (χ0) is 15.2. The first kappa shape index (κ1) is 14.6. The molecule has 2 aromatic rings. The van der Waals surface area contributed by atoms with Crippen molar-refractivity contribution >= 4 is 17.6 Å². The van der Waals surface area contributed by atoms with Crippen molar-refractivity contribution in [3.8, 4) is 5.82 Å². The lowest BCUT2D eigenvalue weighted by Gasteiger charge is -2.11. The molecule has 2 aromatic heterocycles. The van der Waals surface area contributed by atoms with Gasteiger partial charge in [-0.2, -0.15) is 5.10 Å². The number of pyridine rings is 1. The van der Waals surface area contributed by atoms with Crippen LogP contribution in [0, 0.1) is 0 Å². The summed E-state index contributed by atoms with van der Waals surface area (Å²) in [7, 11) is 0. The van der Waals surface area contributed by atoms with Gasteiger partial charge in [0.1, 0.15) is 12.7 Å². The van der Waals surface area contributed by atoms with Gasteiger partial charge in [-0.3, -0.25) is 9.59 Å². The first-order chi connectivity index (χ1) is 10.1. The van der Waals surface area contributed by atoms with E-state index in [1.54, 1.807) is 12.1 Å². The quantitative estimate of drug-likeness (QED) is 0.669. The van der Waals surface area contributed by atoms with E-state index < -0.39 is 17.9 Å². The number of carbonyl (C=O) groups is 2. The van der Waals surface area contributed by atoms with Crippen LogP contribution in [0.5, 0.6) is 0 Å². The third-order valence-electron chi connectivity index (χ3n) is 2.67. The van der Waals surface area contributed by atoms with Gasteiger partial charge in [-0.05, 0) is 18.6 Å². The number of nitrogens with two attached hydrogens (primary N) is 1. The molecule has 0 spiro atoms. The highest BCUT2D eigenvalue weighted by Gasteiger charge is 2.15. The molecule has 1 atom stereocenters. The summed E-state index contributed by atoms with van der Waals surface area (Å²) >= 11 is 0. The van der Waals surface area contributed by atoms with E-state index in [1.807, 2.05) is 0 Å². The second-order valence-corrected chi connectivity index (χ2v) is 4.27. The molecule has 0 saturated carbocycles. The molecule has 9 heteroatoms. The van der Waals surface area contributed by atoms with Crippen LogP contribution in [0.1, 0.15) is 12.8 Å². The van der Waals surface area contributed by atoms with Crippen LogP contribution in [-0.4, -0.2) is 42.8 Å². The van der Waals surface area contributed by atoms with Crippen LogP contribution in [0.25, 0.3) is 5.82 Å². The van der Waals surface area contributed by atoms with E-state index >= 15 is 0 Å². The Balaban J connectivity index is 1.94. The summed E-state index contributed by atoms with van der Waals surface area (Å²) < 4.78 is 1.48. The Labute approximate surface area is 119 Å². The summed E-state index contributed by atoms with van der Waals surface area (Å²) in [6, 6.07) is 2.43. The predicted octanol–water partition coefficient (Wildman–Crippen LogP) is -0.207. The minimum Gasteiger partial charge on any atom is -0.481 e. The summed E-state index contributed by atoms with van der Waals surface area (Å²) in [4.78, 5) is 30.1. The molecule has 0 aliphatic carbocycles. The third kappa shape index (κ3) is 4.08. The fourth-order valence-corrected chi connectivity index (χ4v) is 1.57. The molecule has 4 N–H and O–H groups in total. The minimum absolute atomic E-state index is 0.0750. The van der Waals surface area contributed by atoms with Gasteiger partial charge in [-0.25, -0.2) is 14.6 Å². The van der Waals surface area contributed by atoms with Gasteiger partial charge in [0.2, 0.25) is 5.91 Å². The fraction of sp³-hybridized carbons (Fsp3) is 0.250. The normalized spacial score (nSPS) is 11.9. The molecule has 2 heterocycles. The average Bonchev–Trinajstić information content (AvgIpc) is 2.99. The van der Waals surface area contributed by atoms with E-state index in [0.717, 1.165) is 0 Å². The van der Waals surface area contributed by atoms with Gasteiger partial charge in [0, 0.05) is 6.42 Å². The molecule has 110 valence electrons. The molecule has 2 rings (SSSR count). The summed E-state index contributed by atoms with van der Waals surface area (Å²) in [5.41, 5.74) is 6.07. The van der Waals surface area contributed by atoms with E-state index in [9.17, 15) is 9.59 Å². The Hall–Kier alpha value is -2.81. The zero-order valence-electron chi connectivity index (χ0n) is 11.0. The number of hydrogen-bond acceptors (Lipinski definition) is 6. The number of anilines is 1. The Bertz CT molecular complexity index is 610. The third-order valence-corrected chi connectivity index (χ3v) is 2.67. The van der Waals surface area contributed by atoms with Crippen molar-refractivity contribution in [3.63, 3.8) is 0 Å². The van der Waals surface area contributed by atoms with Crippen LogP contribution in [0.4, 0.5) is 5.69 Å². The number of carboxylic acid groups (broad SMARTS) is 1. The number of hydrogen-bond donors (Lipinski definition) is 3. The van der Waals surface area contributed by atoms with Crippen LogP contribution < -0.4 is 11.1 Å². The van der Waals surface area contributed by atoms with Gasteiger partial charge in [-0.15, -0.1) is 0 Å². The van der Waals surface area contributed by atoms with Crippen LogP contribution in [0.2, 0.25) is 0 Å². The van der Waals surface area contributed by atoms with Crippen molar-refractivity contribution in [1.29, 1.82) is 0 Å². The molecule has 0 aromatic carbocycles. The minimum atomic E-state index is -0.989. The van der Waals surface area contributed by atoms with Gasteiger partial charge >= 0.3 is 5.97 Å². The number of nitrogens with one attached hydrogen (secondary N) is 1. The largest absolute Gasteiger partial charge is 0.481 e. The number of nitrogens with zero attached hydrogens (tertiary/aromatic N) is 4. The highest BCUT2D eigenvalue weighted by molar-refractivity contribution is 5.94. The summed E-state index contributed by atoms with van der Waals surface area (Å²) in [5, 5.41) is 15.0. The standard InChI is InChI=1S/C12H14N6O3/c13-9(2-4-11(19)20)12(21)17-8-1-3-10(15-5-8)18-7-14-6-16-18/h1,3,5-7,9H,2,4,13H2,(H,17,21)(H,19,20). The smallest absolute Gasteiger partial charge is 0.303 e. The number of rotatable bonds is 6. The Morgan fingerprint density at radius 1 is 1.43 bits per heavy atom. The maximum atomic E-state index is 11.8. The van der Waals surface area contributed by atoms with Gasteiger partial charge in [0.15, 0.2) is 5.82 Å². The van der Waals surface area contributed by atoms with E-state index in [4.69, 9.17) is 10.8 Å². The van der Waals surface area contributed by atoms with Crippen molar-refractivity contribution in [2.75, 3.05) is 5.32 Å². The number of carbonyl (C=O) groups excluding carboxylic acids is 1. The molecule has 1 amide bonds. The monoisotopic (exact) mass is 290 g/mol. The molecule has 1 unspecified atom stereocenters. The van der Waals surface area contributed by atoms with E-state index in [-0.39, 0.29) is 12.8 Å². The maximum absolute atomic E-state index is 11.8. The molecule has 21 heavy (non-hydrogen) atoms. The van der Waals surface area contributed by atoms with Crippen molar-refractivity contribution in [2.24, 2.45) is 5.73 Å². The van der Waals surface area contributed by atoms with Crippen molar-refractivity contribution in [1.82, 2.24) is 19.7 Å². The fourth-order valence-electron chi connectivity index (χ4n) is 1.57. The summed E-state index contributed by atoms with van der Waals surface area (Å²) in [6.45, 7) is 0. The van der Waals surface area contributed by atoms with Gasteiger partial charge in [0.05, 0.1) is 17.9 Å². The van der Waals surface area contributed by atoms with Crippen molar-refractivity contribution in [3.05, 3.63) is 31.0 Å². The van der Waals surface area contributed by atoms with Crippen LogP contribution in [0.15, 0.2) is 31.0 Å². The molecule has 9 nitrogen and oxygen atoms in total. The second kappa shape index (κ2) is 6.57. The average molecular weight is 290 g/mol. The first-order valence-electron chi connectivity index (χ1n) is 6.15. The van der Waals surface area contributed by atoms with Crippen LogP contribution >= 0.6 is 0 Å². The molecule has 0 saturated heterocycles. The van der Waals surface area contributed by atoms with Gasteiger partial charge < -0.3 is 16.2 Å². The number of amides is 1. The molecule has 0 bridgehead atoms. The Morgan fingerprint density at radius 3 is 2.81 bits per heavy atom. The van der Waals surface area contributed by atoms with E-state index in [0.29, 0.717) is 11.5 Å². The lowest BCUT2D eigenvalue weighted by Crippen LogP contribution is -2.36. The molecular formula is C12H14N6O3. The SMILES string of the molecule is NC(CCC(=O)O)C(=O)Nc1ccc(-n2cncn2)nc1. The zero-order valence-corrected chi connectivity index (χ0v) is 11.0. The highest BCUT2D eigenvalue weighted by atomic mass is 16.4. The highest BCUT2D eigenvalue weighted by Crippen LogP contribution is 2.09. The molecule has 0 aliphatic heterocycles. The summed E-state index contributed by atoms with van der Waals surface area (Å²) in [6.07, 6.45) is 4.27. The van der Waals surface area contributed by atoms with Gasteiger partial charge in [0.25, 0.3) is 0 Å². The van der Waals surface area contributed by atoms with E-state index in [1.165, 1.54) is 23.5 Å². The lowest BCUT2D eigenvalue weighted by molar-refractivity contribution is -0.137. The lowest BCUT2D eigenvalue weighted by atomic mass is 10.1. The van der Waals surface area contributed by atoms with E-state index in [2.05, 4.69) is 20.4 Å². The molecule has 0 radical (unpaired) electrons. The predicted molar refractivity (Wildman–Crippen MR) is 72.6 cm³/mol. The topological polar surface area (TPSA) is 136 Å². The van der Waals surface area contributed by atoms with Crippen molar-refractivity contribution in [2.45, 2.75) is 18.9 Å². The second-order valence-electron chi connectivity index (χ2n) is 4.27. The number of carboxylic acids is 1. The van der Waals surface area contributed by atoms with Crippen LogP contribution in [0.3, 0.4) is 0 Å². The van der Waals surface area contributed by atoms with Crippen molar-refractivity contribution < 1.29 is 14.7 Å². The number of aliphatic carboxylic acids is 1. The maximum Gasteiger partial charge on any atom is 0.303 e. The number of aromatic nitrogens is 4. The molecule has 0 fully saturated rings. The molecular weight excluding hydrogens is 276 g/mol. The first-order valence-corrected chi connectivity index (χ1v) is 6.15. The van der Waals surface area contributed by atoms with Crippen LogP contribution in [-0.2, 0) is 9.59 Å².